The van der Waals surface area contributed by atoms with Gasteiger partial charge < -0.3 is 5.32 Å². The quantitative estimate of drug-likeness (QED) is 0.665. The number of rotatable bonds is 5. The van der Waals surface area contributed by atoms with Crippen molar-refractivity contribution < 1.29 is 26.0 Å². The molecule has 1 saturated heterocycles. The summed E-state index contributed by atoms with van der Waals surface area (Å²) in [6.45, 7) is 5.11. The molecule has 0 aromatic carbocycles. The summed E-state index contributed by atoms with van der Waals surface area (Å²) in [4.78, 5) is 3.92. The van der Waals surface area contributed by atoms with E-state index in [1.807, 2.05) is 13.8 Å². The van der Waals surface area contributed by atoms with E-state index in [0.29, 0.717) is 0 Å². The van der Waals surface area contributed by atoms with E-state index < -0.39 is 45.5 Å². The van der Waals surface area contributed by atoms with E-state index in [0.717, 1.165) is 21.3 Å². The third kappa shape index (κ3) is 4.52. The van der Waals surface area contributed by atoms with E-state index >= 15 is 0 Å². The highest BCUT2D eigenvalue weighted by Gasteiger charge is 2.41. The number of hydrogen-bond acceptors (Lipinski definition) is 6. The molecule has 1 unspecified atom stereocenters. The summed E-state index contributed by atoms with van der Waals surface area (Å²) in [7, 11) is -3.53. The minimum atomic E-state index is -4.79. The molecule has 3 atom stereocenters. The lowest BCUT2D eigenvalue weighted by molar-refractivity contribution is -0.136. The second-order valence-electron chi connectivity index (χ2n) is 8.33. The Balaban J connectivity index is 2.03. The molecule has 0 aliphatic carbocycles. The maximum atomic E-state index is 14.6. The van der Waals surface area contributed by atoms with Gasteiger partial charge in [0.2, 0.25) is 16.0 Å². The number of sulfonamides is 1. The Morgan fingerprint density at radius 3 is 2.47 bits per heavy atom. The van der Waals surface area contributed by atoms with Crippen molar-refractivity contribution in [3.05, 3.63) is 23.0 Å². The molecule has 1 aliphatic rings. The van der Waals surface area contributed by atoms with Crippen LogP contribution >= 0.6 is 0 Å². The van der Waals surface area contributed by atoms with Gasteiger partial charge in [-0.05, 0) is 12.3 Å². The van der Waals surface area contributed by atoms with Crippen LogP contribution in [0, 0.1) is 17.2 Å². The third-order valence-electron chi connectivity index (χ3n) is 5.84. The van der Waals surface area contributed by atoms with Crippen LogP contribution in [0.3, 0.4) is 0 Å². The predicted molar refractivity (Wildman–Crippen MR) is 109 cm³/mol. The average molecular weight is 477 g/mol. The van der Waals surface area contributed by atoms with Gasteiger partial charge in [0, 0.05) is 19.0 Å². The van der Waals surface area contributed by atoms with Gasteiger partial charge in [-0.25, -0.2) is 22.3 Å². The highest BCUT2D eigenvalue weighted by atomic mass is 32.2. The van der Waals surface area contributed by atoms with Crippen molar-refractivity contribution >= 4 is 21.5 Å². The van der Waals surface area contributed by atoms with Gasteiger partial charge in [-0.1, -0.05) is 20.8 Å². The number of piperidine rings is 1. The first-order valence-electron chi connectivity index (χ1n) is 10.00. The Morgan fingerprint density at radius 2 is 1.97 bits per heavy atom. The highest BCUT2D eigenvalue weighted by Crippen LogP contribution is 2.41. The number of nitriles is 1. The van der Waals surface area contributed by atoms with Gasteiger partial charge >= 0.3 is 6.18 Å². The smallest absolute Gasteiger partial charge is 0.347 e. The third-order valence-corrected chi connectivity index (χ3v) is 7.11. The van der Waals surface area contributed by atoms with Gasteiger partial charge in [-0.3, -0.25) is 0 Å². The Bertz CT molecular complexity index is 1160. The van der Waals surface area contributed by atoms with Crippen molar-refractivity contribution in [2.24, 2.45) is 5.92 Å². The number of hydrogen-bond donors (Lipinski definition) is 1. The predicted octanol–water partition coefficient (Wildman–Crippen LogP) is 3.16. The summed E-state index contributed by atoms with van der Waals surface area (Å²) in [5.41, 5.74) is -1.85. The van der Waals surface area contributed by atoms with Gasteiger partial charge in [0.05, 0.1) is 35.3 Å². The first-order chi connectivity index (χ1) is 14.8. The van der Waals surface area contributed by atoms with Crippen LogP contribution in [-0.2, 0) is 16.2 Å². The summed E-state index contributed by atoms with van der Waals surface area (Å²) in [5.74, 6) is -0.616. The van der Waals surface area contributed by atoms with Gasteiger partial charge in [0.1, 0.15) is 17.8 Å². The number of aromatic nitrogens is 3. The van der Waals surface area contributed by atoms with E-state index in [-0.39, 0.29) is 42.6 Å². The van der Waals surface area contributed by atoms with Gasteiger partial charge in [0.25, 0.3) is 0 Å². The lowest BCUT2D eigenvalue weighted by atomic mass is 9.91. The molecule has 32 heavy (non-hydrogen) atoms. The van der Waals surface area contributed by atoms with Gasteiger partial charge in [-0.2, -0.15) is 22.7 Å². The Labute approximate surface area is 183 Å². The van der Waals surface area contributed by atoms with E-state index in [4.69, 9.17) is 0 Å². The lowest BCUT2D eigenvalue weighted by Crippen LogP contribution is -2.49. The number of nitrogens with zero attached hydrogens (tertiary/aromatic N) is 5. The van der Waals surface area contributed by atoms with Gasteiger partial charge in [-0.15, -0.1) is 5.10 Å². The standard InChI is InChI=1S/C19H24F4N6O2S/c1-10(2)11(3)17-12(7-24)16(19(21,22)23)15-8-25-18(27-29(15)17)26-14-5-6-28(9-13(14)20)32(4,30)31/h8,10-11,13-14H,5-6,9H2,1-4H3,(H,26,27)/t11?,13-,14-/m1/s1. The average Bonchev–Trinajstić information content (AvgIpc) is 3.01. The zero-order chi connectivity index (χ0) is 24.0. The molecule has 3 rings (SSSR count). The first-order valence-corrected chi connectivity index (χ1v) is 11.8. The molecule has 1 N–H and O–H groups in total. The maximum absolute atomic E-state index is 14.6. The van der Waals surface area contributed by atoms with Crippen molar-refractivity contribution in [1.82, 2.24) is 18.9 Å². The Hall–Kier alpha value is -2.46. The normalized spacial score (nSPS) is 21.6. The van der Waals surface area contributed by atoms with Crippen LogP contribution in [0.5, 0.6) is 0 Å². The SMILES string of the molecule is CC(C)C(C)c1c(C#N)c(C(F)(F)F)c2cnc(N[C@@H]3CCN(S(C)(=O)=O)C[C@H]3F)nn12. The van der Waals surface area contributed by atoms with Crippen molar-refractivity contribution in [3.63, 3.8) is 0 Å². The van der Waals surface area contributed by atoms with E-state index in [1.54, 1.807) is 13.0 Å². The molecule has 1 fully saturated rings. The molecule has 1 aliphatic heterocycles. The molecule has 3 heterocycles. The van der Waals surface area contributed by atoms with Crippen LogP contribution < -0.4 is 5.32 Å². The lowest BCUT2D eigenvalue weighted by Gasteiger charge is -2.33. The Kier molecular flexibility index (Phi) is 6.41. The summed E-state index contributed by atoms with van der Waals surface area (Å²) in [6, 6.07) is 0.856. The molecule has 8 nitrogen and oxygen atoms in total. The number of fused-ring (bicyclic) bond motifs is 1. The maximum Gasteiger partial charge on any atom is 0.419 e. The van der Waals surface area contributed by atoms with Crippen molar-refractivity contribution in [2.45, 2.75) is 51.5 Å². The van der Waals surface area contributed by atoms with Crippen LogP contribution in [-0.4, -0.2) is 58.9 Å². The molecule has 2 aromatic rings. The van der Waals surface area contributed by atoms with Crippen molar-refractivity contribution in [2.75, 3.05) is 24.7 Å². The zero-order valence-electron chi connectivity index (χ0n) is 18.0. The minimum absolute atomic E-state index is 0.0804. The molecule has 0 saturated carbocycles. The topological polar surface area (TPSA) is 103 Å². The van der Waals surface area contributed by atoms with E-state index in [1.165, 1.54) is 0 Å². The number of halogens is 4. The van der Waals surface area contributed by atoms with E-state index in [9.17, 15) is 31.2 Å². The zero-order valence-corrected chi connectivity index (χ0v) is 18.8. The van der Waals surface area contributed by atoms with E-state index in [2.05, 4.69) is 15.4 Å². The summed E-state index contributed by atoms with van der Waals surface area (Å²) in [6.07, 6.45) is -4.25. The molecule has 2 aromatic heterocycles. The molecule has 0 spiro atoms. The first kappa shape index (κ1) is 24.2. The monoisotopic (exact) mass is 476 g/mol. The number of alkyl halides is 4. The summed E-state index contributed by atoms with van der Waals surface area (Å²) < 4.78 is 81.2. The molecule has 0 bridgehead atoms. The molecular formula is C19H24F4N6O2S. The van der Waals surface area contributed by atoms with Crippen molar-refractivity contribution in [1.29, 1.82) is 5.26 Å². The molecule has 13 heteroatoms. The van der Waals surface area contributed by atoms with Crippen LogP contribution in [0.1, 0.15) is 49.9 Å². The molecule has 0 radical (unpaired) electrons. The highest BCUT2D eigenvalue weighted by molar-refractivity contribution is 7.88. The minimum Gasteiger partial charge on any atom is -0.347 e. The van der Waals surface area contributed by atoms with Crippen LogP contribution in [0.2, 0.25) is 0 Å². The number of anilines is 1. The second kappa shape index (κ2) is 8.47. The summed E-state index contributed by atoms with van der Waals surface area (Å²) in [5, 5.41) is 16.5. The fraction of sp³-hybridized carbons (Fsp3) is 0.632. The number of nitrogens with one attached hydrogen (secondary N) is 1. The fourth-order valence-electron chi connectivity index (χ4n) is 3.78. The Morgan fingerprint density at radius 1 is 1.31 bits per heavy atom. The van der Waals surface area contributed by atoms with Crippen LogP contribution in [0.4, 0.5) is 23.5 Å². The van der Waals surface area contributed by atoms with Crippen LogP contribution in [0.15, 0.2) is 6.20 Å². The second-order valence-corrected chi connectivity index (χ2v) is 10.3. The van der Waals surface area contributed by atoms with Crippen molar-refractivity contribution in [3.8, 4) is 6.07 Å². The largest absolute Gasteiger partial charge is 0.419 e. The molecule has 176 valence electrons. The van der Waals surface area contributed by atoms with Crippen LogP contribution in [0.25, 0.3) is 5.52 Å². The fourth-order valence-corrected chi connectivity index (χ4v) is 4.63. The summed E-state index contributed by atoms with van der Waals surface area (Å²) >= 11 is 0. The molecule has 0 amide bonds. The van der Waals surface area contributed by atoms with Gasteiger partial charge in [0.15, 0.2) is 0 Å². The molecular weight excluding hydrogens is 452 g/mol.